The second-order valence-corrected chi connectivity index (χ2v) is 5.91. The first kappa shape index (κ1) is 16.9. The molecule has 0 atom stereocenters. The minimum absolute atomic E-state index is 0.0369. The number of ether oxygens (including phenoxy) is 1. The van der Waals surface area contributed by atoms with Gasteiger partial charge in [0.15, 0.2) is 0 Å². The molecule has 1 rings (SSSR count). The van der Waals surface area contributed by atoms with Crippen LogP contribution in [0.4, 0.5) is 5.69 Å². The van der Waals surface area contributed by atoms with Crippen LogP contribution < -0.4 is 10.0 Å². The summed E-state index contributed by atoms with van der Waals surface area (Å²) in [4.78, 5) is 0.260. The van der Waals surface area contributed by atoms with E-state index in [1.807, 2.05) is 0 Å². The van der Waals surface area contributed by atoms with Crippen LogP contribution in [0.3, 0.4) is 0 Å². The largest absolute Gasteiger partial charge is 0.394 e. The molecular formula is C13H22N2O4S. The molecular weight excluding hydrogens is 280 g/mol. The third-order valence-corrected chi connectivity index (χ3v) is 4.09. The van der Waals surface area contributed by atoms with Gasteiger partial charge in [-0.05, 0) is 30.7 Å². The summed E-state index contributed by atoms with van der Waals surface area (Å²) in [5.74, 6) is 0. The van der Waals surface area contributed by atoms with E-state index in [1.54, 1.807) is 31.2 Å². The van der Waals surface area contributed by atoms with Crippen LogP contribution in [0.5, 0.6) is 0 Å². The zero-order valence-electron chi connectivity index (χ0n) is 11.6. The molecule has 0 radical (unpaired) electrons. The third kappa shape index (κ3) is 5.87. The summed E-state index contributed by atoms with van der Waals surface area (Å²) in [5, 5.41) is 11.7. The smallest absolute Gasteiger partial charge is 0.240 e. The Labute approximate surface area is 120 Å². The van der Waals surface area contributed by atoms with Gasteiger partial charge in [0.25, 0.3) is 0 Å². The number of benzene rings is 1. The van der Waals surface area contributed by atoms with Crippen molar-refractivity contribution < 1.29 is 18.3 Å². The molecule has 20 heavy (non-hydrogen) atoms. The first-order chi connectivity index (χ1) is 9.60. The maximum atomic E-state index is 11.7. The Hall–Kier alpha value is -1.15. The fourth-order valence-corrected chi connectivity index (χ4v) is 2.64. The summed E-state index contributed by atoms with van der Waals surface area (Å²) < 4.78 is 31.0. The number of nitrogens with one attached hydrogen (secondary N) is 2. The molecule has 0 amide bonds. The molecule has 0 bridgehead atoms. The topological polar surface area (TPSA) is 87.7 Å². The Morgan fingerprint density at radius 2 is 1.90 bits per heavy atom. The fourth-order valence-electron chi connectivity index (χ4n) is 1.60. The molecule has 6 nitrogen and oxygen atoms in total. The van der Waals surface area contributed by atoms with Crippen LogP contribution in [0, 0.1) is 0 Å². The molecule has 7 heteroatoms. The minimum Gasteiger partial charge on any atom is -0.394 e. The van der Waals surface area contributed by atoms with E-state index in [1.165, 1.54) is 0 Å². The average Bonchev–Trinajstić information content (AvgIpc) is 2.43. The summed E-state index contributed by atoms with van der Waals surface area (Å²) in [6, 6.07) is 6.61. The van der Waals surface area contributed by atoms with Gasteiger partial charge in [-0.1, -0.05) is 6.92 Å². The van der Waals surface area contributed by atoms with Crippen LogP contribution in [-0.2, 0) is 14.8 Å². The monoisotopic (exact) mass is 302 g/mol. The minimum atomic E-state index is -3.38. The standard InChI is InChI=1S/C13H22N2O4S/c1-2-15-20(17,18)13-6-4-12(5-7-13)14-8-3-10-19-11-9-16/h4-7,14-16H,2-3,8-11H2,1H3. The van der Waals surface area contributed by atoms with Crippen LogP contribution >= 0.6 is 0 Å². The summed E-state index contributed by atoms with van der Waals surface area (Å²) in [6.07, 6.45) is 0.817. The molecule has 1 aromatic carbocycles. The molecule has 0 aromatic heterocycles. The summed E-state index contributed by atoms with van der Waals surface area (Å²) in [7, 11) is -3.38. The Bertz CT molecular complexity index is 474. The molecule has 1 aromatic rings. The van der Waals surface area contributed by atoms with E-state index in [0.29, 0.717) is 19.8 Å². The molecule has 0 spiro atoms. The van der Waals surface area contributed by atoms with Crippen LogP contribution in [0.25, 0.3) is 0 Å². The highest BCUT2D eigenvalue weighted by atomic mass is 32.2. The van der Waals surface area contributed by atoms with Gasteiger partial charge in [0.05, 0.1) is 18.1 Å². The van der Waals surface area contributed by atoms with Gasteiger partial charge >= 0.3 is 0 Å². The van der Waals surface area contributed by atoms with Gasteiger partial charge in [-0.25, -0.2) is 13.1 Å². The first-order valence-electron chi connectivity index (χ1n) is 6.62. The van der Waals surface area contributed by atoms with E-state index in [2.05, 4.69) is 10.0 Å². The second-order valence-electron chi connectivity index (χ2n) is 4.14. The number of hydrogen-bond acceptors (Lipinski definition) is 5. The van der Waals surface area contributed by atoms with E-state index in [-0.39, 0.29) is 11.5 Å². The van der Waals surface area contributed by atoms with E-state index in [0.717, 1.165) is 18.7 Å². The van der Waals surface area contributed by atoms with Crippen molar-refractivity contribution in [2.45, 2.75) is 18.2 Å². The fraction of sp³-hybridized carbons (Fsp3) is 0.538. The predicted molar refractivity (Wildman–Crippen MR) is 78.3 cm³/mol. The van der Waals surface area contributed by atoms with E-state index >= 15 is 0 Å². The van der Waals surface area contributed by atoms with Gasteiger partial charge in [0.2, 0.25) is 10.0 Å². The number of aliphatic hydroxyl groups is 1. The highest BCUT2D eigenvalue weighted by Gasteiger charge is 2.11. The molecule has 0 aliphatic carbocycles. The van der Waals surface area contributed by atoms with Gasteiger partial charge in [0.1, 0.15) is 0 Å². The van der Waals surface area contributed by atoms with E-state index in [4.69, 9.17) is 9.84 Å². The van der Waals surface area contributed by atoms with Gasteiger partial charge in [-0.2, -0.15) is 0 Å². The molecule has 0 unspecified atom stereocenters. The molecule has 3 N–H and O–H groups in total. The average molecular weight is 302 g/mol. The Balaban J connectivity index is 2.39. The molecule has 0 heterocycles. The normalized spacial score (nSPS) is 11.5. The lowest BCUT2D eigenvalue weighted by Gasteiger charge is -2.08. The Morgan fingerprint density at radius 1 is 1.20 bits per heavy atom. The maximum Gasteiger partial charge on any atom is 0.240 e. The van der Waals surface area contributed by atoms with Crippen molar-refractivity contribution in [2.24, 2.45) is 0 Å². The van der Waals surface area contributed by atoms with Gasteiger partial charge < -0.3 is 15.2 Å². The zero-order chi connectivity index (χ0) is 14.8. The first-order valence-corrected chi connectivity index (χ1v) is 8.10. The van der Waals surface area contributed by atoms with Crippen molar-refractivity contribution in [3.8, 4) is 0 Å². The van der Waals surface area contributed by atoms with Gasteiger partial charge in [-0.3, -0.25) is 0 Å². The number of aliphatic hydroxyl groups excluding tert-OH is 1. The summed E-state index contributed by atoms with van der Waals surface area (Å²) in [5.41, 5.74) is 0.864. The van der Waals surface area contributed by atoms with E-state index in [9.17, 15) is 8.42 Å². The number of hydrogen-bond donors (Lipinski definition) is 3. The Morgan fingerprint density at radius 3 is 2.50 bits per heavy atom. The zero-order valence-corrected chi connectivity index (χ0v) is 12.4. The van der Waals surface area contributed by atoms with Crippen LogP contribution in [0.15, 0.2) is 29.2 Å². The molecule has 114 valence electrons. The lowest BCUT2D eigenvalue weighted by atomic mass is 10.3. The van der Waals surface area contributed by atoms with Gasteiger partial charge in [0, 0.05) is 25.4 Å². The lowest BCUT2D eigenvalue weighted by molar-refractivity contribution is 0.0922. The predicted octanol–water partition coefficient (Wildman–Crippen LogP) is 0.796. The van der Waals surface area contributed by atoms with Gasteiger partial charge in [-0.15, -0.1) is 0 Å². The number of sulfonamides is 1. The summed E-state index contributed by atoms with van der Waals surface area (Å²) >= 11 is 0. The summed E-state index contributed by atoms with van der Waals surface area (Å²) in [6.45, 7) is 3.82. The number of anilines is 1. The van der Waals surface area contributed by atoms with Crippen molar-refractivity contribution in [3.63, 3.8) is 0 Å². The molecule has 0 aliphatic rings. The number of rotatable bonds is 10. The van der Waals surface area contributed by atoms with Crippen molar-refractivity contribution >= 4 is 15.7 Å². The van der Waals surface area contributed by atoms with Crippen LogP contribution in [-0.4, -0.2) is 46.4 Å². The third-order valence-electron chi connectivity index (χ3n) is 2.53. The quantitative estimate of drug-likeness (QED) is 0.556. The highest BCUT2D eigenvalue weighted by Crippen LogP contribution is 2.13. The Kier molecular flexibility index (Phi) is 7.53. The highest BCUT2D eigenvalue weighted by molar-refractivity contribution is 7.89. The van der Waals surface area contributed by atoms with Crippen molar-refractivity contribution in [3.05, 3.63) is 24.3 Å². The van der Waals surface area contributed by atoms with E-state index < -0.39 is 10.0 Å². The molecule has 0 saturated carbocycles. The second kappa shape index (κ2) is 8.91. The SMILES string of the molecule is CCNS(=O)(=O)c1ccc(NCCCOCCO)cc1. The van der Waals surface area contributed by atoms with Crippen molar-refractivity contribution in [1.29, 1.82) is 0 Å². The van der Waals surface area contributed by atoms with Crippen molar-refractivity contribution in [2.75, 3.05) is 38.2 Å². The molecule has 0 saturated heterocycles. The van der Waals surface area contributed by atoms with Crippen LogP contribution in [0.2, 0.25) is 0 Å². The lowest BCUT2D eigenvalue weighted by Crippen LogP contribution is -2.23. The van der Waals surface area contributed by atoms with Crippen molar-refractivity contribution in [1.82, 2.24) is 4.72 Å². The molecule has 0 fully saturated rings. The maximum absolute atomic E-state index is 11.7. The molecule has 0 aliphatic heterocycles. The van der Waals surface area contributed by atoms with Crippen LogP contribution in [0.1, 0.15) is 13.3 Å².